The summed E-state index contributed by atoms with van der Waals surface area (Å²) in [6.45, 7) is 11.4. The first kappa shape index (κ1) is 58.4. The second-order valence-electron chi connectivity index (χ2n) is 19.2. The standard InChI is InChI=1S/C54H104O6/c1-6-8-9-10-11-12-24-31-36-41-46-54(57)60-51(48-59-53(56)45-40-35-30-26-21-20-23-28-33-38-43-50(5)7-2)47-58-52(55)44-39-34-29-25-19-17-15-13-14-16-18-22-27-32-37-42-49(3)4/h49-51H,6-48H2,1-5H3/t50?,51-/m1/s1. The van der Waals surface area contributed by atoms with E-state index in [2.05, 4.69) is 34.6 Å². The molecule has 0 aromatic carbocycles. The van der Waals surface area contributed by atoms with Gasteiger partial charge in [0.1, 0.15) is 13.2 Å². The first-order chi connectivity index (χ1) is 29.3. The van der Waals surface area contributed by atoms with Crippen LogP contribution >= 0.6 is 0 Å². The van der Waals surface area contributed by atoms with Crippen molar-refractivity contribution < 1.29 is 28.6 Å². The van der Waals surface area contributed by atoms with Crippen molar-refractivity contribution in [3.63, 3.8) is 0 Å². The van der Waals surface area contributed by atoms with Crippen LogP contribution in [0.3, 0.4) is 0 Å². The van der Waals surface area contributed by atoms with Gasteiger partial charge in [0.25, 0.3) is 0 Å². The number of hydrogen-bond acceptors (Lipinski definition) is 6. The molecule has 0 bridgehead atoms. The van der Waals surface area contributed by atoms with E-state index in [1.807, 2.05) is 0 Å². The minimum absolute atomic E-state index is 0.0634. The first-order valence-electron chi connectivity index (χ1n) is 26.8. The quantitative estimate of drug-likeness (QED) is 0.0345. The molecule has 0 spiro atoms. The topological polar surface area (TPSA) is 78.9 Å². The molecule has 0 aliphatic rings. The number of rotatable bonds is 48. The van der Waals surface area contributed by atoms with Gasteiger partial charge in [-0.2, -0.15) is 0 Å². The highest BCUT2D eigenvalue weighted by Gasteiger charge is 2.19. The largest absolute Gasteiger partial charge is 0.462 e. The zero-order valence-corrected chi connectivity index (χ0v) is 41.1. The fourth-order valence-corrected chi connectivity index (χ4v) is 8.13. The van der Waals surface area contributed by atoms with Crippen molar-refractivity contribution in [3.8, 4) is 0 Å². The summed E-state index contributed by atoms with van der Waals surface area (Å²) in [6, 6.07) is 0. The van der Waals surface area contributed by atoms with Crippen LogP contribution in [0.15, 0.2) is 0 Å². The maximum atomic E-state index is 12.7. The summed E-state index contributed by atoms with van der Waals surface area (Å²) in [5.41, 5.74) is 0. The second-order valence-corrected chi connectivity index (χ2v) is 19.2. The Morgan fingerprint density at radius 3 is 0.950 bits per heavy atom. The Kier molecular flexibility index (Phi) is 45.7. The van der Waals surface area contributed by atoms with Crippen molar-refractivity contribution in [3.05, 3.63) is 0 Å². The van der Waals surface area contributed by atoms with Crippen LogP contribution in [0.1, 0.15) is 298 Å². The van der Waals surface area contributed by atoms with Crippen molar-refractivity contribution in [1.29, 1.82) is 0 Å². The fraction of sp³-hybridized carbons (Fsp3) is 0.944. The van der Waals surface area contributed by atoms with Crippen molar-refractivity contribution in [2.45, 2.75) is 304 Å². The lowest BCUT2D eigenvalue weighted by molar-refractivity contribution is -0.167. The smallest absolute Gasteiger partial charge is 0.306 e. The number of carbonyl (C=O) groups is 3. The van der Waals surface area contributed by atoms with Gasteiger partial charge in [0.05, 0.1) is 0 Å². The Morgan fingerprint density at radius 1 is 0.350 bits per heavy atom. The number of unbranched alkanes of at least 4 members (excludes halogenated alkanes) is 32. The van der Waals surface area contributed by atoms with Gasteiger partial charge in [-0.25, -0.2) is 0 Å². The Bertz CT molecular complexity index is 918. The molecule has 356 valence electrons. The maximum absolute atomic E-state index is 12.7. The molecule has 0 heterocycles. The molecule has 60 heavy (non-hydrogen) atoms. The molecule has 0 aromatic heterocycles. The molecular formula is C54H104O6. The minimum Gasteiger partial charge on any atom is -0.462 e. The van der Waals surface area contributed by atoms with Crippen molar-refractivity contribution >= 4 is 17.9 Å². The molecule has 0 fully saturated rings. The van der Waals surface area contributed by atoms with E-state index >= 15 is 0 Å². The first-order valence-corrected chi connectivity index (χ1v) is 26.8. The highest BCUT2D eigenvalue weighted by molar-refractivity contribution is 5.71. The fourth-order valence-electron chi connectivity index (χ4n) is 8.13. The van der Waals surface area contributed by atoms with Crippen LogP contribution in [0.2, 0.25) is 0 Å². The molecule has 0 amide bonds. The van der Waals surface area contributed by atoms with Crippen molar-refractivity contribution in [2.24, 2.45) is 11.8 Å². The lowest BCUT2D eigenvalue weighted by Crippen LogP contribution is -2.30. The van der Waals surface area contributed by atoms with Gasteiger partial charge < -0.3 is 14.2 Å². The average molecular weight is 849 g/mol. The van der Waals surface area contributed by atoms with Crippen LogP contribution in [0.25, 0.3) is 0 Å². The molecule has 0 aliphatic carbocycles. The average Bonchev–Trinajstić information content (AvgIpc) is 3.23. The van der Waals surface area contributed by atoms with Gasteiger partial charge >= 0.3 is 17.9 Å². The third-order valence-corrected chi connectivity index (χ3v) is 12.6. The molecule has 0 saturated carbocycles. The van der Waals surface area contributed by atoms with E-state index in [0.29, 0.717) is 19.3 Å². The van der Waals surface area contributed by atoms with E-state index in [1.165, 1.54) is 186 Å². The summed E-state index contributed by atoms with van der Waals surface area (Å²) < 4.78 is 16.8. The Morgan fingerprint density at radius 2 is 0.633 bits per heavy atom. The predicted octanol–water partition coefficient (Wildman–Crippen LogP) is 17.3. The van der Waals surface area contributed by atoms with Gasteiger partial charge in [0.2, 0.25) is 0 Å². The van der Waals surface area contributed by atoms with Gasteiger partial charge in [-0.15, -0.1) is 0 Å². The zero-order valence-electron chi connectivity index (χ0n) is 41.1. The third kappa shape index (κ3) is 45.9. The number of ether oxygens (including phenoxy) is 3. The molecule has 0 aliphatic heterocycles. The summed E-state index contributed by atoms with van der Waals surface area (Å²) in [5, 5.41) is 0. The van der Waals surface area contributed by atoms with Gasteiger partial charge in [0.15, 0.2) is 6.10 Å². The van der Waals surface area contributed by atoms with Crippen LogP contribution < -0.4 is 0 Å². The lowest BCUT2D eigenvalue weighted by atomic mass is 9.99. The predicted molar refractivity (Wildman–Crippen MR) is 256 cm³/mol. The van der Waals surface area contributed by atoms with Gasteiger partial charge in [-0.3, -0.25) is 14.4 Å². The Hall–Kier alpha value is -1.59. The molecule has 0 aromatic rings. The van der Waals surface area contributed by atoms with Gasteiger partial charge in [0, 0.05) is 19.3 Å². The highest BCUT2D eigenvalue weighted by Crippen LogP contribution is 2.18. The molecule has 0 radical (unpaired) electrons. The molecule has 6 nitrogen and oxygen atoms in total. The molecule has 0 saturated heterocycles. The van der Waals surface area contributed by atoms with Crippen LogP contribution in [0.4, 0.5) is 0 Å². The SMILES string of the molecule is CCCCCCCCCCCCC(=O)O[C@H](COC(=O)CCCCCCCCCCCCCCCCCC(C)C)COC(=O)CCCCCCCCCCCCC(C)CC. The van der Waals surface area contributed by atoms with E-state index in [0.717, 1.165) is 69.6 Å². The van der Waals surface area contributed by atoms with Crippen LogP contribution in [-0.4, -0.2) is 37.2 Å². The van der Waals surface area contributed by atoms with Gasteiger partial charge in [-0.05, 0) is 31.1 Å². The van der Waals surface area contributed by atoms with E-state index in [1.54, 1.807) is 0 Å². The van der Waals surface area contributed by atoms with Crippen LogP contribution in [-0.2, 0) is 28.6 Å². The summed E-state index contributed by atoms with van der Waals surface area (Å²) in [4.78, 5) is 37.9. The second kappa shape index (κ2) is 46.9. The zero-order chi connectivity index (χ0) is 44.0. The van der Waals surface area contributed by atoms with Gasteiger partial charge in [-0.1, -0.05) is 259 Å². The minimum atomic E-state index is -0.761. The summed E-state index contributed by atoms with van der Waals surface area (Å²) >= 11 is 0. The molecular weight excluding hydrogens is 745 g/mol. The van der Waals surface area contributed by atoms with Crippen LogP contribution in [0.5, 0.6) is 0 Å². The molecule has 1 unspecified atom stereocenters. The molecule has 2 atom stereocenters. The number of esters is 3. The molecule has 6 heteroatoms. The highest BCUT2D eigenvalue weighted by atomic mass is 16.6. The van der Waals surface area contributed by atoms with E-state index in [4.69, 9.17) is 14.2 Å². The molecule has 0 N–H and O–H groups in total. The maximum Gasteiger partial charge on any atom is 0.306 e. The number of hydrogen-bond donors (Lipinski definition) is 0. The van der Waals surface area contributed by atoms with E-state index in [-0.39, 0.29) is 31.1 Å². The summed E-state index contributed by atoms with van der Waals surface area (Å²) in [6.07, 6.45) is 48.0. The summed E-state index contributed by atoms with van der Waals surface area (Å²) in [5.74, 6) is 0.872. The lowest BCUT2D eigenvalue weighted by Gasteiger charge is -2.18. The number of carbonyl (C=O) groups excluding carboxylic acids is 3. The Labute approximate surface area is 374 Å². The van der Waals surface area contributed by atoms with E-state index < -0.39 is 6.10 Å². The summed E-state index contributed by atoms with van der Waals surface area (Å²) in [7, 11) is 0. The Balaban J connectivity index is 4.25. The third-order valence-electron chi connectivity index (χ3n) is 12.6. The van der Waals surface area contributed by atoms with Crippen LogP contribution in [0, 0.1) is 11.8 Å². The monoisotopic (exact) mass is 849 g/mol. The van der Waals surface area contributed by atoms with Crippen molar-refractivity contribution in [2.75, 3.05) is 13.2 Å². The van der Waals surface area contributed by atoms with E-state index in [9.17, 15) is 14.4 Å². The van der Waals surface area contributed by atoms with Crippen molar-refractivity contribution in [1.82, 2.24) is 0 Å². The normalized spacial score (nSPS) is 12.5. The molecule has 0 rings (SSSR count).